The molecular weight excluding hydrogens is 330 g/mol. The van der Waals surface area contributed by atoms with Gasteiger partial charge < -0.3 is 24.4 Å². The zero-order chi connectivity index (χ0) is 18.8. The van der Waals surface area contributed by atoms with Crippen LogP contribution in [0.2, 0.25) is 0 Å². The summed E-state index contributed by atoms with van der Waals surface area (Å²) < 4.78 is 16.1. The fourth-order valence-electron chi connectivity index (χ4n) is 2.60. The predicted octanol–water partition coefficient (Wildman–Crippen LogP) is 1.85. The van der Waals surface area contributed by atoms with Crippen molar-refractivity contribution in [3.05, 3.63) is 17.7 Å². The molecule has 1 aromatic carbocycles. The number of hydrogen-bond donors (Lipinski definition) is 2. The SMILES string of the molecule is COc1cc(CN2CCCCC2)cc(OC)c1OC.O=C(O)C(=O)O. The molecule has 0 spiro atoms. The third-order valence-electron chi connectivity index (χ3n) is 3.76. The van der Waals surface area contributed by atoms with Gasteiger partial charge in [-0.2, -0.15) is 0 Å². The number of carbonyl (C=O) groups is 2. The number of carboxylic acid groups (broad SMARTS) is 2. The van der Waals surface area contributed by atoms with Crippen LogP contribution in [-0.4, -0.2) is 61.5 Å². The lowest BCUT2D eigenvalue weighted by molar-refractivity contribution is -0.159. The molecule has 0 saturated carbocycles. The third-order valence-corrected chi connectivity index (χ3v) is 3.76. The molecule has 0 radical (unpaired) electrons. The molecule has 1 heterocycles. The van der Waals surface area contributed by atoms with E-state index in [-0.39, 0.29) is 0 Å². The molecule has 140 valence electrons. The predicted molar refractivity (Wildman–Crippen MR) is 90.5 cm³/mol. The number of nitrogens with zero attached hydrogens (tertiary/aromatic N) is 1. The minimum absolute atomic E-state index is 0.660. The third kappa shape index (κ3) is 6.50. The van der Waals surface area contributed by atoms with Gasteiger partial charge >= 0.3 is 11.9 Å². The minimum atomic E-state index is -1.82. The first-order chi connectivity index (χ1) is 11.9. The van der Waals surface area contributed by atoms with Gasteiger partial charge in [-0.3, -0.25) is 4.90 Å². The van der Waals surface area contributed by atoms with Gasteiger partial charge in [0.05, 0.1) is 21.3 Å². The van der Waals surface area contributed by atoms with Crippen molar-refractivity contribution in [1.29, 1.82) is 0 Å². The van der Waals surface area contributed by atoms with Crippen LogP contribution in [0.5, 0.6) is 17.2 Å². The number of carboxylic acids is 2. The molecule has 0 amide bonds. The fourth-order valence-corrected chi connectivity index (χ4v) is 2.60. The molecule has 25 heavy (non-hydrogen) atoms. The standard InChI is InChI=1S/C15H23NO3.C2H2O4/c1-17-13-9-12(10-14(18-2)15(13)19-3)11-16-7-5-4-6-8-16;3-1(4)2(5)6/h9-10H,4-8,11H2,1-3H3;(H,3,4)(H,5,6). The summed E-state index contributed by atoms with van der Waals surface area (Å²) in [6, 6.07) is 4.08. The molecule has 1 fully saturated rings. The van der Waals surface area contributed by atoms with Crippen LogP contribution in [-0.2, 0) is 16.1 Å². The summed E-state index contributed by atoms with van der Waals surface area (Å²) in [6.45, 7) is 3.30. The first-order valence-corrected chi connectivity index (χ1v) is 7.90. The number of benzene rings is 1. The number of methoxy groups -OCH3 is 3. The molecule has 8 heteroatoms. The molecule has 0 atom stereocenters. The van der Waals surface area contributed by atoms with Gasteiger partial charge in [-0.05, 0) is 43.6 Å². The number of piperidine rings is 1. The maximum absolute atomic E-state index is 9.10. The summed E-state index contributed by atoms with van der Waals surface area (Å²) in [5.41, 5.74) is 1.21. The number of rotatable bonds is 5. The topological polar surface area (TPSA) is 106 Å². The molecule has 1 aliphatic heterocycles. The van der Waals surface area contributed by atoms with E-state index in [1.54, 1.807) is 21.3 Å². The van der Waals surface area contributed by atoms with Gasteiger partial charge in [0.1, 0.15) is 0 Å². The van der Waals surface area contributed by atoms with E-state index in [9.17, 15) is 0 Å². The molecular formula is C17H25NO7. The molecule has 1 aliphatic rings. The largest absolute Gasteiger partial charge is 0.493 e. The van der Waals surface area contributed by atoms with E-state index in [0.717, 1.165) is 18.0 Å². The Morgan fingerprint density at radius 1 is 0.920 bits per heavy atom. The Morgan fingerprint density at radius 3 is 1.76 bits per heavy atom. The maximum Gasteiger partial charge on any atom is 0.414 e. The molecule has 8 nitrogen and oxygen atoms in total. The highest BCUT2D eigenvalue weighted by atomic mass is 16.5. The summed E-state index contributed by atoms with van der Waals surface area (Å²) in [6.07, 6.45) is 3.95. The van der Waals surface area contributed by atoms with E-state index in [1.165, 1.54) is 37.9 Å². The van der Waals surface area contributed by atoms with Crippen LogP contribution < -0.4 is 14.2 Å². The van der Waals surface area contributed by atoms with Gasteiger partial charge in [-0.1, -0.05) is 6.42 Å². The number of hydrogen-bond acceptors (Lipinski definition) is 6. The molecule has 0 aliphatic carbocycles. The number of likely N-dealkylation sites (tertiary alicyclic amines) is 1. The van der Waals surface area contributed by atoms with Gasteiger partial charge in [-0.25, -0.2) is 9.59 Å². The van der Waals surface area contributed by atoms with Crippen LogP contribution >= 0.6 is 0 Å². The van der Waals surface area contributed by atoms with Crippen molar-refractivity contribution >= 4 is 11.9 Å². The number of aliphatic carboxylic acids is 2. The van der Waals surface area contributed by atoms with Crippen molar-refractivity contribution < 1.29 is 34.0 Å². The Morgan fingerprint density at radius 2 is 1.40 bits per heavy atom. The van der Waals surface area contributed by atoms with E-state index in [2.05, 4.69) is 4.90 Å². The van der Waals surface area contributed by atoms with E-state index in [4.69, 9.17) is 34.0 Å². The summed E-state index contributed by atoms with van der Waals surface area (Å²) in [4.78, 5) is 20.7. The maximum atomic E-state index is 9.10. The lowest BCUT2D eigenvalue weighted by Gasteiger charge is -2.26. The minimum Gasteiger partial charge on any atom is -0.493 e. The Kier molecular flexibility index (Phi) is 8.55. The normalized spacial score (nSPS) is 14.0. The van der Waals surface area contributed by atoms with Crippen LogP contribution in [0.3, 0.4) is 0 Å². The zero-order valence-corrected chi connectivity index (χ0v) is 14.8. The van der Waals surface area contributed by atoms with E-state index >= 15 is 0 Å². The van der Waals surface area contributed by atoms with Gasteiger partial charge in [0, 0.05) is 6.54 Å². The molecule has 0 bridgehead atoms. The van der Waals surface area contributed by atoms with Crippen molar-refractivity contribution in [3.63, 3.8) is 0 Å². The van der Waals surface area contributed by atoms with E-state index < -0.39 is 11.9 Å². The van der Waals surface area contributed by atoms with Crippen LogP contribution in [0.4, 0.5) is 0 Å². The second-order valence-electron chi connectivity index (χ2n) is 5.48. The molecule has 2 N–H and O–H groups in total. The molecule has 2 rings (SSSR count). The van der Waals surface area contributed by atoms with Crippen molar-refractivity contribution in [1.82, 2.24) is 4.90 Å². The summed E-state index contributed by atoms with van der Waals surface area (Å²) in [5, 5.41) is 14.8. The zero-order valence-electron chi connectivity index (χ0n) is 14.8. The molecule has 0 unspecified atom stereocenters. The quantitative estimate of drug-likeness (QED) is 0.771. The number of ether oxygens (including phenoxy) is 3. The summed E-state index contributed by atoms with van der Waals surface area (Å²) >= 11 is 0. The van der Waals surface area contributed by atoms with Crippen molar-refractivity contribution in [2.75, 3.05) is 34.4 Å². The first-order valence-electron chi connectivity index (χ1n) is 7.90. The fraction of sp³-hybridized carbons (Fsp3) is 0.529. The van der Waals surface area contributed by atoms with Gasteiger partial charge in [0.15, 0.2) is 11.5 Å². The summed E-state index contributed by atoms with van der Waals surface area (Å²) in [5.74, 6) is -1.53. The lowest BCUT2D eigenvalue weighted by atomic mass is 10.1. The first kappa shape index (κ1) is 20.6. The van der Waals surface area contributed by atoms with E-state index in [0.29, 0.717) is 5.75 Å². The average Bonchev–Trinajstić information content (AvgIpc) is 2.62. The highest BCUT2D eigenvalue weighted by Crippen LogP contribution is 2.38. The van der Waals surface area contributed by atoms with Crippen LogP contribution in [0.15, 0.2) is 12.1 Å². The lowest BCUT2D eigenvalue weighted by Crippen LogP contribution is -2.29. The van der Waals surface area contributed by atoms with Gasteiger partial charge in [0.25, 0.3) is 0 Å². The molecule has 1 aromatic rings. The smallest absolute Gasteiger partial charge is 0.414 e. The van der Waals surface area contributed by atoms with Crippen molar-refractivity contribution in [2.24, 2.45) is 0 Å². The van der Waals surface area contributed by atoms with Crippen molar-refractivity contribution in [2.45, 2.75) is 25.8 Å². The van der Waals surface area contributed by atoms with Gasteiger partial charge in [-0.15, -0.1) is 0 Å². The Bertz CT molecular complexity index is 545. The highest BCUT2D eigenvalue weighted by molar-refractivity contribution is 6.27. The van der Waals surface area contributed by atoms with E-state index in [1.807, 2.05) is 12.1 Å². The average molecular weight is 355 g/mol. The second-order valence-corrected chi connectivity index (χ2v) is 5.48. The van der Waals surface area contributed by atoms with Crippen LogP contribution in [0, 0.1) is 0 Å². The van der Waals surface area contributed by atoms with Gasteiger partial charge in [0.2, 0.25) is 5.75 Å². The Hall–Kier alpha value is -2.48. The second kappa shape index (κ2) is 10.4. The van der Waals surface area contributed by atoms with Crippen LogP contribution in [0.1, 0.15) is 24.8 Å². The Balaban J connectivity index is 0.000000450. The van der Waals surface area contributed by atoms with Crippen LogP contribution in [0.25, 0.3) is 0 Å². The Labute approximate surface area is 146 Å². The monoisotopic (exact) mass is 355 g/mol. The molecule has 1 saturated heterocycles. The summed E-state index contributed by atoms with van der Waals surface area (Å²) in [7, 11) is 4.94. The van der Waals surface area contributed by atoms with Crippen molar-refractivity contribution in [3.8, 4) is 17.2 Å². The highest BCUT2D eigenvalue weighted by Gasteiger charge is 2.16. The molecule has 0 aromatic heterocycles.